The number of hydrogen-bond acceptors (Lipinski definition) is 4. The third-order valence-electron chi connectivity index (χ3n) is 3.73. The summed E-state index contributed by atoms with van der Waals surface area (Å²) in [6.07, 6.45) is 0.346. The van der Waals surface area contributed by atoms with E-state index in [0.29, 0.717) is 39.2 Å². The van der Waals surface area contributed by atoms with Gasteiger partial charge in [0.25, 0.3) is 0 Å². The van der Waals surface area contributed by atoms with Crippen LogP contribution in [0.15, 0.2) is 24.3 Å². The van der Waals surface area contributed by atoms with Crippen LogP contribution in [0.3, 0.4) is 0 Å². The smallest absolute Gasteiger partial charge is 0.236 e. The highest BCUT2D eigenvalue weighted by Crippen LogP contribution is 2.13. The molecule has 0 bridgehead atoms. The van der Waals surface area contributed by atoms with Gasteiger partial charge in [0.2, 0.25) is 11.8 Å². The molecule has 0 aromatic heterocycles. The fourth-order valence-electron chi connectivity index (χ4n) is 2.45. The Labute approximate surface area is 130 Å². The fourth-order valence-corrected chi connectivity index (χ4v) is 2.45. The summed E-state index contributed by atoms with van der Waals surface area (Å²) in [5, 5.41) is 0. The van der Waals surface area contributed by atoms with E-state index in [2.05, 4.69) is 0 Å². The molecule has 0 saturated carbocycles. The lowest BCUT2D eigenvalue weighted by Gasteiger charge is -2.34. The molecular weight excluding hydrogens is 282 g/mol. The zero-order valence-electron chi connectivity index (χ0n) is 13.0. The maximum atomic E-state index is 12.1. The van der Waals surface area contributed by atoms with Gasteiger partial charge in [-0.25, -0.2) is 0 Å². The van der Waals surface area contributed by atoms with Crippen LogP contribution in [0.25, 0.3) is 0 Å². The molecule has 1 aliphatic rings. The lowest BCUT2D eigenvalue weighted by molar-refractivity contribution is -0.139. The molecule has 2 amide bonds. The van der Waals surface area contributed by atoms with Crippen LogP contribution in [-0.2, 0) is 9.59 Å². The average molecular weight is 305 g/mol. The molecular formula is C16H23N3O3. The van der Waals surface area contributed by atoms with Gasteiger partial charge < -0.3 is 20.3 Å². The summed E-state index contributed by atoms with van der Waals surface area (Å²) in [6, 6.07) is 7.76. The van der Waals surface area contributed by atoms with Gasteiger partial charge in [-0.15, -0.1) is 0 Å². The van der Waals surface area contributed by atoms with E-state index in [9.17, 15) is 9.59 Å². The predicted octanol–water partition coefficient (Wildman–Crippen LogP) is 0.393. The summed E-state index contributed by atoms with van der Waals surface area (Å²) in [5.74, 6) is 0.786. The summed E-state index contributed by atoms with van der Waals surface area (Å²) in [6.45, 7) is 4.63. The Hall–Kier alpha value is -2.08. The molecule has 120 valence electrons. The van der Waals surface area contributed by atoms with Crippen molar-refractivity contribution in [2.45, 2.75) is 13.3 Å². The van der Waals surface area contributed by atoms with Gasteiger partial charge in [0.05, 0.1) is 19.6 Å². The molecule has 1 aromatic rings. The van der Waals surface area contributed by atoms with Crippen LogP contribution >= 0.6 is 0 Å². The first-order valence-electron chi connectivity index (χ1n) is 7.55. The van der Waals surface area contributed by atoms with E-state index in [-0.39, 0.29) is 18.4 Å². The molecule has 2 rings (SSSR count). The zero-order chi connectivity index (χ0) is 15.9. The highest BCUT2D eigenvalue weighted by atomic mass is 16.5. The van der Waals surface area contributed by atoms with Crippen LogP contribution < -0.4 is 10.5 Å². The van der Waals surface area contributed by atoms with Gasteiger partial charge in [-0.2, -0.15) is 0 Å². The summed E-state index contributed by atoms with van der Waals surface area (Å²) in [4.78, 5) is 27.1. The van der Waals surface area contributed by atoms with E-state index in [1.165, 1.54) is 0 Å². The number of nitrogens with two attached hydrogens (primary N) is 1. The number of nitrogens with zero attached hydrogens (tertiary/aromatic N) is 2. The van der Waals surface area contributed by atoms with Crippen molar-refractivity contribution in [3.8, 4) is 5.75 Å². The summed E-state index contributed by atoms with van der Waals surface area (Å²) >= 11 is 0. The second-order valence-corrected chi connectivity index (χ2v) is 5.38. The fraction of sp³-hybridized carbons (Fsp3) is 0.500. The van der Waals surface area contributed by atoms with E-state index in [1.54, 1.807) is 9.80 Å². The number of hydrogen-bond donors (Lipinski definition) is 1. The highest BCUT2D eigenvalue weighted by Gasteiger charge is 2.23. The third kappa shape index (κ3) is 4.46. The number of piperazine rings is 1. The maximum absolute atomic E-state index is 12.1. The SMILES string of the molecule is Cc1cccc(OCCC(=O)N2CCN(C(=O)CN)CC2)c1. The number of rotatable bonds is 5. The quantitative estimate of drug-likeness (QED) is 0.854. The van der Waals surface area contributed by atoms with E-state index >= 15 is 0 Å². The molecule has 0 spiro atoms. The second-order valence-electron chi connectivity index (χ2n) is 5.38. The minimum Gasteiger partial charge on any atom is -0.493 e. The normalized spacial score (nSPS) is 14.8. The minimum absolute atomic E-state index is 0.0261. The van der Waals surface area contributed by atoms with Crippen LogP contribution in [0.5, 0.6) is 5.75 Å². The first kappa shape index (κ1) is 16.3. The molecule has 0 radical (unpaired) electrons. The molecule has 1 heterocycles. The number of carbonyl (C=O) groups is 2. The van der Waals surface area contributed by atoms with E-state index in [0.717, 1.165) is 11.3 Å². The van der Waals surface area contributed by atoms with Crippen LogP contribution in [-0.4, -0.2) is 60.9 Å². The summed E-state index contributed by atoms with van der Waals surface area (Å²) < 4.78 is 5.60. The Bertz CT molecular complexity index is 525. The van der Waals surface area contributed by atoms with Crippen molar-refractivity contribution in [2.75, 3.05) is 39.3 Å². The molecule has 0 aliphatic carbocycles. The van der Waals surface area contributed by atoms with E-state index in [1.807, 2.05) is 31.2 Å². The van der Waals surface area contributed by atoms with Gasteiger partial charge in [-0.3, -0.25) is 9.59 Å². The van der Waals surface area contributed by atoms with Crippen LogP contribution in [0, 0.1) is 6.92 Å². The summed E-state index contributed by atoms with van der Waals surface area (Å²) in [7, 11) is 0. The van der Waals surface area contributed by atoms with Gasteiger partial charge >= 0.3 is 0 Å². The Balaban J connectivity index is 1.71. The molecule has 6 heteroatoms. The topological polar surface area (TPSA) is 75.9 Å². The Morgan fingerprint density at radius 3 is 2.36 bits per heavy atom. The van der Waals surface area contributed by atoms with Gasteiger partial charge in [-0.1, -0.05) is 12.1 Å². The monoisotopic (exact) mass is 305 g/mol. The molecule has 1 aromatic carbocycles. The number of amides is 2. The third-order valence-corrected chi connectivity index (χ3v) is 3.73. The van der Waals surface area contributed by atoms with Crippen LogP contribution in [0.1, 0.15) is 12.0 Å². The van der Waals surface area contributed by atoms with E-state index < -0.39 is 0 Å². The molecule has 2 N–H and O–H groups in total. The van der Waals surface area contributed by atoms with E-state index in [4.69, 9.17) is 10.5 Å². The summed E-state index contributed by atoms with van der Waals surface area (Å²) in [5.41, 5.74) is 6.47. The first-order valence-corrected chi connectivity index (χ1v) is 7.55. The van der Waals surface area contributed by atoms with Crippen molar-refractivity contribution < 1.29 is 14.3 Å². The van der Waals surface area contributed by atoms with Crippen molar-refractivity contribution >= 4 is 11.8 Å². The van der Waals surface area contributed by atoms with Crippen molar-refractivity contribution in [3.63, 3.8) is 0 Å². The van der Waals surface area contributed by atoms with Crippen molar-refractivity contribution in [2.24, 2.45) is 5.73 Å². The number of aryl methyl sites for hydroxylation is 1. The maximum Gasteiger partial charge on any atom is 0.236 e. The Morgan fingerprint density at radius 1 is 1.14 bits per heavy atom. The highest BCUT2D eigenvalue weighted by molar-refractivity contribution is 5.79. The van der Waals surface area contributed by atoms with Gasteiger partial charge in [0.15, 0.2) is 0 Å². The molecule has 22 heavy (non-hydrogen) atoms. The molecule has 0 atom stereocenters. The van der Waals surface area contributed by atoms with Crippen molar-refractivity contribution in [1.82, 2.24) is 9.80 Å². The molecule has 0 unspecified atom stereocenters. The standard InChI is InChI=1S/C16H23N3O3/c1-13-3-2-4-14(11-13)22-10-5-15(20)18-6-8-19(9-7-18)16(21)12-17/h2-4,11H,5-10,12,17H2,1H3. The largest absolute Gasteiger partial charge is 0.493 e. The van der Waals surface area contributed by atoms with Crippen LogP contribution in [0.4, 0.5) is 0 Å². The lowest BCUT2D eigenvalue weighted by atomic mass is 10.2. The number of carbonyl (C=O) groups excluding carboxylic acids is 2. The van der Waals surface area contributed by atoms with Crippen molar-refractivity contribution in [1.29, 1.82) is 0 Å². The van der Waals surface area contributed by atoms with Crippen LogP contribution in [0.2, 0.25) is 0 Å². The average Bonchev–Trinajstić information content (AvgIpc) is 2.54. The second kappa shape index (κ2) is 7.79. The Kier molecular flexibility index (Phi) is 5.77. The number of benzene rings is 1. The Morgan fingerprint density at radius 2 is 1.77 bits per heavy atom. The minimum atomic E-state index is -0.0603. The number of ether oxygens (including phenoxy) is 1. The predicted molar refractivity (Wildman–Crippen MR) is 83.5 cm³/mol. The van der Waals surface area contributed by atoms with Gasteiger partial charge in [0.1, 0.15) is 5.75 Å². The van der Waals surface area contributed by atoms with Crippen molar-refractivity contribution in [3.05, 3.63) is 29.8 Å². The molecule has 1 fully saturated rings. The molecule has 1 aliphatic heterocycles. The molecule has 6 nitrogen and oxygen atoms in total. The lowest BCUT2D eigenvalue weighted by Crippen LogP contribution is -2.52. The van der Waals surface area contributed by atoms with Gasteiger partial charge in [0, 0.05) is 26.2 Å². The first-order chi connectivity index (χ1) is 10.6. The molecule has 1 saturated heterocycles. The zero-order valence-corrected chi connectivity index (χ0v) is 13.0. The van der Waals surface area contributed by atoms with Gasteiger partial charge in [-0.05, 0) is 24.6 Å².